The second-order valence-corrected chi connectivity index (χ2v) is 3.92. The number of hydrogen-bond donors (Lipinski definition) is 0. The van der Waals surface area contributed by atoms with Gasteiger partial charge in [-0.1, -0.05) is 23.7 Å². The zero-order valence-corrected chi connectivity index (χ0v) is 8.83. The van der Waals surface area contributed by atoms with Crippen molar-refractivity contribution < 1.29 is 9.47 Å². The van der Waals surface area contributed by atoms with E-state index in [0.29, 0.717) is 12.7 Å². The first-order valence-electron chi connectivity index (χ1n) is 4.74. The van der Waals surface area contributed by atoms with Gasteiger partial charge in [0.2, 0.25) is 0 Å². The molecular formula is C11H13ClO2. The Balaban J connectivity index is 1.88. The van der Waals surface area contributed by atoms with E-state index < -0.39 is 0 Å². The number of hydrogen-bond acceptors (Lipinski definition) is 2. The molecule has 0 N–H and O–H groups in total. The van der Waals surface area contributed by atoms with Crippen molar-refractivity contribution in [1.29, 1.82) is 0 Å². The topological polar surface area (TPSA) is 21.8 Å². The molecule has 1 aliphatic heterocycles. The van der Waals surface area contributed by atoms with Gasteiger partial charge in [-0.25, -0.2) is 0 Å². The maximum atomic E-state index is 5.79. The molecule has 0 aromatic heterocycles. The first kappa shape index (κ1) is 9.97. The molecule has 0 bridgehead atoms. The average Bonchev–Trinajstić information content (AvgIpc) is 2.99. The van der Waals surface area contributed by atoms with Crippen LogP contribution < -0.4 is 0 Å². The maximum Gasteiger partial charge on any atom is 0.104 e. The largest absolute Gasteiger partial charge is 0.371 e. The van der Waals surface area contributed by atoms with Gasteiger partial charge in [0.05, 0.1) is 19.3 Å². The van der Waals surface area contributed by atoms with Gasteiger partial charge in [0.25, 0.3) is 0 Å². The third kappa shape index (κ3) is 2.71. The minimum atomic E-state index is 0.108. The molecule has 0 unspecified atom stereocenters. The first-order chi connectivity index (χ1) is 6.75. The smallest absolute Gasteiger partial charge is 0.104 e. The summed E-state index contributed by atoms with van der Waals surface area (Å²) < 4.78 is 10.7. The van der Waals surface area contributed by atoms with Gasteiger partial charge < -0.3 is 9.47 Å². The summed E-state index contributed by atoms with van der Waals surface area (Å²) in [6.45, 7) is 3.56. The highest BCUT2D eigenvalue weighted by Crippen LogP contribution is 2.21. The van der Waals surface area contributed by atoms with Crippen LogP contribution in [0.25, 0.3) is 0 Å². The molecule has 1 aromatic rings. The highest BCUT2D eigenvalue weighted by molar-refractivity contribution is 6.30. The SMILES string of the molecule is C[C@@H](OC[C@@H]1CO1)c1ccc(Cl)cc1. The van der Waals surface area contributed by atoms with Crippen LogP contribution in [0.1, 0.15) is 18.6 Å². The summed E-state index contributed by atoms with van der Waals surface area (Å²) in [6.07, 6.45) is 0.432. The highest BCUT2D eigenvalue weighted by Gasteiger charge is 2.23. The van der Waals surface area contributed by atoms with Crippen molar-refractivity contribution in [3.05, 3.63) is 34.9 Å². The van der Waals surface area contributed by atoms with Crippen molar-refractivity contribution in [2.24, 2.45) is 0 Å². The van der Waals surface area contributed by atoms with Gasteiger partial charge in [-0.3, -0.25) is 0 Å². The predicted octanol–water partition coefficient (Wildman–Crippen LogP) is 2.82. The summed E-state index contributed by atoms with van der Waals surface area (Å²) >= 11 is 5.79. The van der Waals surface area contributed by atoms with Gasteiger partial charge in [-0.2, -0.15) is 0 Å². The van der Waals surface area contributed by atoms with Gasteiger partial charge >= 0.3 is 0 Å². The molecule has 14 heavy (non-hydrogen) atoms. The molecule has 0 radical (unpaired) electrons. The van der Waals surface area contributed by atoms with E-state index >= 15 is 0 Å². The summed E-state index contributed by atoms with van der Waals surface area (Å²) in [7, 11) is 0. The molecule has 1 saturated heterocycles. The zero-order valence-electron chi connectivity index (χ0n) is 8.07. The van der Waals surface area contributed by atoms with E-state index in [4.69, 9.17) is 21.1 Å². The Morgan fingerprint density at radius 1 is 1.50 bits per heavy atom. The van der Waals surface area contributed by atoms with Gasteiger partial charge in [0.1, 0.15) is 6.10 Å². The van der Waals surface area contributed by atoms with Crippen molar-refractivity contribution >= 4 is 11.6 Å². The summed E-state index contributed by atoms with van der Waals surface area (Å²) in [6, 6.07) is 7.73. The van der Waals surface area contributed by atoms with Gasteiger partial charge in [-0.05, 0) is 24.6 Å². The average molecular weight is 213 g/mol. The van der Waals surface area contributed by atoms with Crippen LogP contribution >= 0.6 is 11.6 Å². The van der Waals surface area contributed by atoms with Crippen LogP contribution in [0.3, 0.4) is 0 Å². The van der Waals surface area contributed by atoms with E-state index in [9.17, 15) is 0 Å². The minimum absolute atomic E-state index is 0.108. The van der Waals surface area contributed by atoms with E-state index in [-0.39, 0.29) is 6.10 Å². The lowest BCUT2D eigenvalue weighted by atomic mass is 10.1. The number of epoxide rings is 1. The van der Waals surface area contributed by atoms with Crippen molar-refractivity contribution in [3.63, 3.8) is 0 Å². The van der Waals surface area contributed by atoms with Crippen LogP contribution in [0.2, 0.25) is 5.02 Å². The first-order valence-corrected chi connectivity index (χ1v) is 5.12. The second-order valence-electron chi connectivity index (χ2n) is 3.48. The number of ether oxygens (including phenoxy) is 2. The lowest BCUT2D eigenvalue weighted by Gasteiger charge is -2.12. The van der Waals surface area contributed by atoms with E-state index in [2.05, 4.69) is 0 Å². The number of rotatable bonds is 4. The molecule has 3 heteroatoms. The third-order valence-electron chi connectivity index (χ3n) is 2.27. The van der Waals surface area contributed by atoms with Crippen molar-refractivity contribution in [1.82, 2.24) is 0 Å². The van der Waals surface area contributed by atoms with Crippen molar-refractivity contribution in [2.75, 3.05) is 13.2 Å². The van der Waals surface area contributed by atoms with Crippen LogP contribution in [0.4, 0.5) is 0 Å². The predicted molar refractivity (Wildman–Crippen MR) is 55.6 cm³/mol. The van der Waals surface area contributed by atoms with Gasteiger partial charge in [0.15, 0.2) is 0 Å². The molecule has 0 amide bonds. The highest BCUT2D eigenvalue weighted by atomic mass is 35.5. The number of halogens is 1. The molecule has 0 saturated carbocycles. The van der Waals surface area contributed by atoms with Crippen LogP contribution in [0.5, 0.6) is 0 Å². The molecule has 0 spiro atoms. The lowest BCUT2D eigenvalue weighted by molar-refractivity contribution is 0.0540. The molecule has 2 atom stereocenters. The molecule has 76 valence electrons. The molecule has 1 fully saturated rings. The van der Waals surface area contributed by atoms with E-state index in [1.165, 1.54) is 0 Å². The quantitative estimate of drug-likeness (QED) is 0.716. The van der Waals surface area contributed by atoms with E-state index in [0.717, 1.165) is 17.2 Å². The monoisotopic (exact) mass is 212 g/mol. The van der Waals surface area contributed by atoms with Crippen molar-refractivity contribution in [3.8, 4) is 0 Å². The molecule has 1 aliphatic rings. The lowest BCUT2D eigenvalue weighted by Crippen LogP contribution is -2.05. The Labute approximate surface area is 88.8 Å². The maximum absolute atomic E-state index is 5.79. The molecule has 1 heterocycles. The van der Waals surface area contributed by atoms with Gasteiger partial charge in [-0.15, -0.1) is 0 Å². The Kier molecular flexibility index (Phi) is 3.06. The Hall–Kier alpha value is -0.570. The second kappa shape index (κ2) is 4.30. The van der Waals surface area contributed by atoms with Crippen LogP contribution in [0, 0.1) is 0 Å². The van der Waals surface area contributed by atoms with Crippen molar-refractivity contribution in [2.45, 2.75) is 19.1 Å². The van der Waals surface area contributed by atoms with Crippen LogP contribution in [-0.2, 0) is 9.47 Å². The standard InChI is InChI=1S/C11H13ClO2/c1-8(13-6-11-7-14-11)9-2-4-10(12)5-3-9/h2-5,8,11H,6-7H2,1H3/t8-,11-/m1/s1. The Morgan fingerprint density at radius 3 is 2.71 bits per heavy atom. The van der Waals surface area contributed by atoms with Crippen LogP contribution in [-0.4, -0.2) is 19.3 Å². The summed E-state index contributed by atoms with van der Waals surface area (Å²) in [5.41, 5.74) is 1.15. The van der Waals surface area contributed by atoms with E-state index in [1.807, 2.05) is 31.2 Å². The fourth-order valence-corrected chi connectivity index (χ4v) is 1.37. The third-order valence-corrected chi connectivity index (χ3v) is 2.53. The molecular weight excluding hydrogens is 200 g/mol. The zero-order chi connectivity index (χ0) is 9.97. The van der Waals surface area contributed by atoms with Gasteiger partial charge in [0, 0.05) is 5.02 Å². The fraction of sp³-hybridized carbons (Fsp3) is 0.455. The molecule has 0 aliphatic carbocycles. The molecule has 1 aromatic carbocycles. The minimum Gasteiger partial charge on any atom is -0.371 e. The van der Waals surface area contributed by atoms with E-state index in [1.54, 1.807) is 0 Å². The summed E-state index contributed by atoms with van der Waals surface area (Å²) in [5.74, 6) is 0. The Morgan fingerprint density at radius 2 is 2.14 bits per heavy atom. The fourth-order valence-electron chi connectivity index (χ4n) is 1.25. The molecule has 2 nitrogen and oxygen atoms in total. The van der Waals surface area contributed by atoms with Crippen LogP contribution in [0.15, 0.2) is 24.3 Å². The molecule has 2 rings (SSSR count). The number of benzene rings is 1. The normalized spacial score (nSPS) is 22.0. The summed E-state index contributed by atoms with van der Waals surface area (Å²) in [4.78, 5) is 0. The Bertz CT molecular complexity index is 293. The summed E-state index contributed by atoms with van der Waals surface area (Å²) in [5, 5.41) is 0.756.